The van der Waals surface area contributed by atoms with Crippen molar-refractivity contribution in [1.29, 1.82) is 0 Å². The van der Waals surface area contributed by atoms with Crippen molar-refractivity contribution in [2.75, 3.05) is 5.32 Å². The third kappa shape index (κ3) is 3.57. The van der Waals surface area contributed by atoms with Gasteiger partial charge < -0.3 is 0 Å². The Kier molecular flexibility index (Phi) is 4.77. The number of halogens is 1. The van der Waals surface area contributed by atoms with E-state index in [1.54, 1.807) is 4.52 Å². The molecule has 0 fully saturated rings. The number of aryl methyl sites for hydroxylation is 2. The first-order valence-corrected chi connectivity index (χ1v) is 9.76. The first-order chi connectivity index (χ1) is 13.8. The van der Waals surface area contributed by atoms with E-state index in [1.165, 1.54) is 23.5 Å². The van der Waals surface area contributed by atoms with Crippen molar-refractivity contribution in [1.82, 2.24) is 14.6 Å². The molecule has 1 N–H and O–H groups in total. The van der Waals surface area contributed by atoms with Crippen LogP contribution in [-0.4, -0.2) is 25.4 Å². The summed E-state index contributed by atoms with van der Waals surface area (Å²) in [5.41, 5.74) is 3.63. The minimum Gasteiger partial charge on any atom is -0.289 e. The molecule has 0 radical (unpaired) electrons. The van der Waals surface area contributed by atoms with E-state index in [0.29, 0.717) is 4.96 Å². The number of anilines is 1. The van der Waals surface area contributed by atoms with Crippen molar-refractivity contribution in [2.24, 2.45) is 0 Å². The molecule has 0 saturated carbocycles. The number of nitro groups is 1. The first-order valence-electron chi connectivity index (χ1n) is 8.50. The summed E-state index contributed by atoms with van der Waals surface area (Å²) in [5.74, 6) is -0.614. The highest BCUT2D eigenvalue weighted by Gasteiger charge is 2.22. The van der Waals surface area contributed by atoms with Crippen LogP contribution in [0.5, 0.6) is 0 Å². The van der Waals surface area contributed by atoms with E-state index in [-0.39, 0.29) is 22.2 Å². The summed E-state index contributed by atoms with van der Waals surface area (Å²) in [5, 5.41) is 20.2. The molecule has 4 aromatic rings. The molecule has 0 aliphatic rings. The molecule has 4 rings (SSSR count). The van der Waals surface area contributed by atoms with Crippen molar-refractivity contribution >= 4 is 45.4 Å². The molecule has 0 unspecified atom stereocenters. The second-order valence-electron chi connectivity index (χ2n) is 6.44. The normalized spacial score (nSPS) is 11.0. The lowest BCUT2D eigenvalue weighted by atomic mass is 10.0. The zero-order chi connectivity index (χ0) is 20.7. The summed E-state index contributed by atoms with van der Waals surface area (Å²) >= 11 is 7.19. The number of thiazole rings is 1. The third-order valence-electron chi connectivity index (χ3n) is 4.37. The SMILES string of the molecule is Cc1ccc(-c2csc3nc(NC(=O)c4ccc(Cl)cc4[N+](=O)[O-])nn23)c(C)c1. The summed E-state index contributed by atoms with van der Waals surface area (Å²) in [7, 11) is 0. The highest BCUT2D eigenvalue weighted by molar-refractivity contribution is 7.15. The number of rotatable bonds is 4. The zero-order valence-electron chi connectivity index (χ0n) is 15.3. The van der Waals surface area contributed by atoms with Crippen LogP contribution < -0.4 is 5.32 Å². The van der Waals surface area contributed by atoms with Gasteiger partial charge in [0.15, 0.2) is 0 Å². The molecule has 2 aromatic carbocycles. The number of benzene rings is 2. The number of nitro benzene ring substituents is 1. The number of nitrogens with zero attached hydrogens (tertiary/aromatic N) is 4. The Morgan fingerprint density at radius 1 is 1.24 bits per heavy atom. The fourth-order valence-corrected chi connectivity index (χ4v) is 4.03. The first kappa shape index (κ1) is 19.0. The van der Waals surface area contributed by atoms with Crippen LogP contribution in [0, 0.1) is 24.0 Å². The van der Waals surface area contributed by atoms with Gasteiger partial charge >= 0.3 is 0 Å². The Hall–Kier alpha value is -3.30. The molecule has 29 heavy (non-hydrogen) atoms. The average Bonchev–Trinajstić information content (AvgIpc) is 3.22. The predicted octanol–water partition coefficient (Wildman–Crippen LogP) is 4.89. The molecular weight excluding hydrogens is 414 g/mol. The Morgan fingerprint density at radius 2 is 2.03 bits per heavy atom. The van der Waals surface area contributed by atoms with Crippen LogP contribution in [0.1, 0.15) is 21.5 Å². The maximum atomic E-state index is 12.6. The van der Waals surface area contributed by atoms with E-state index >= 15 is 0 Å². The molecule has 0 aliphatic heterocycles. The number of carbonyl (C=O) groups excluding carboxylic acids is 1. The highest BCUT2D eigenvalue weighted by Crippen LogP contribution is 2.29. The number of carbonyl (C=O) groups is 1. The van der Waals surface area contributed by atoms with Gasteiger partial charge in [0.2, 0.25) is 4.96 Å². The van der Waals surface area contributed by atoms with Gasteiger partial charge in [-0.3, -0.25) is 20.2 Å². The smallest absolute Gasteiger partial charge is 0.283 e. The van der Waals surface area contributed by atoms with Crippen LogP contribution in [0.3, 0.4) is 0 Å². The third-order valence-corrected chi connectivity index (χ3v) is 5.42. The second-order valence-corrected chi connectivity index (χ2v) is 7.71. The summed E-state index contributed by atoms with van der Waals surface area (Å²) in [6.45, 7) is 4.05. The van der Waals surface area contributed by atoms with Crippen molar-refractivity contribution in [3.63, 3.8) is 0 Å². The molecule has 146 valence electrons. The number of hydrogen-bond donors (Lipinski definition) is 1. The Labute approximate surface area is 173 Å². The topological polar surface area (TPSA) is 102 Å². The van der Waals surface area contributed by atoms with E-state index in [4.69, 9.17) is 11.6 Å². The number of fused-ring (bicyclic) bond motifs is 1. The molecule has 0 atom stereocenters. The predicted molar refractivity (Wildman–Crippen MR) is 112 cm³/mol. The number of hydrogen-bond acceptors (Lipinski definition) is 6. The lowest BCUT2D eigenvalue weighted by molar-refractivity contribution is -0.385. The summed E-state index contributed by atoms with van der Waals surface area (Å²) in [6, 6.07) is 9.97. The van der Waals surface area contributed by atoms with Gasteiger partial charge in [0.05, 0.1) is 10.6 Å². The Morgan fingerprint density at radius 3 is 2.76 bits per heavy atom. The van der Waals surface area contributed by atoms with Crippen LogP contribution in [-0.2, 0) is 0 Å². The van der Waals surface area contributed by atoms with E-state index in [0.717, 1.165) is 28.5 Å². The highest BCUT2D eigenvalue weighted by atomic mass is 35.5. The van der Waals surface area contributed by atoms with Gasteiger partial charge in [0.1, 0.15) is 5.56 Å². The molecule has 8 nitrogen and oxygen atoms in total. The van der Waals surface area contributed by atoms with Crippen LogP contribution in [0.4, 0.5) is 11.6 Å². The number of amides is 1. The monoisotopic (exact) mass is 427 g/mol. The maximum Gasteiger partial charge on any atom is 0.283 e. The molecule has 2 aromatic heterocycles. The molecule has 10 heteroatoms. The summed E-state index contributed by atoms with van der Waals surface area (Å²) in [6.07, 6.45) is 0. The molecule has 0 bridgehead atoms. The van der Waals surface area contributed by atoms with E-state index < -0.39 is 10.8 Å². The number of nitrogens with one attached hydrogen (secondary N) is 1. The summed E-state index contributed by atoms with van der Waals surface area (Å²) in [4.78, 5) is 28.0. The van der Waals surface area contributed by atoms with E-state index in [1.807, 2.05) is 31.4 Å². The number of aromatic nitrogens is 3. The Balaban J connectivity index is 1.68. The molecule has 1 amide bonds. The summed E-state index contributed by atoms with van der Waals surface area (Å²) < 4.78 is 1.65. The molecule has 0 aliphatic carbocycles. The van der Waals surface area contributed by atoms with E-state index in [9.17, 15) is 14.9 Å². The van der Waals surface area contributed by atoms with Crippen molar-refractivity contribution in [2.45, 2.75) is 13.8 Å². The lowest BCUT2D eigenvalue weighted by Gasteiger charge is -2.05. The van der Waals surface area contributed by atoms with Gasteiger partial charge in [-0.25, -0.2) is 4.52 Å². The lowest BCUT2D eigenvalue weighted by Crippen LogP contribution is -2.15. The van der Waals surface area contributed by atoms with Gasteiger partial charge in [-0.1, -0.05) is 35.4 Å². The van der Waals surface area contributed by atoms with Gasteiger partial charge in [-0.05, 0) is 31.5 Å². The van der Waals surface area contributed by atoms with Gasteiger partial charge in [-0.2, -0.15) is 4.98 Å². The average molecular weight is 428 g/mol. The molecule has 0 saturated heterocycles. The van der Waals surface area contributed by atoms with Crippen LogP contribution in [0.25, 0.3) is 16.2 Å². The molecule has 0 spiro atoms. The van der Waals surface area contributed by atoms with Gasteiger partial charge in [0, 0.05) is 22.0 Å². The van der Waals surface area contributed by atoms with Crippen molar-refractivity contribution in [3.8, 4) is 11.3 Å². The Bertz CT molecular complexity index is 1280. The zero-order valence-corrected chi connectivity index (χ0v) is 16.9. The van der Waals surface area contributed by atoms with Crippen molar-refractivity contribution < 1.29 is 9.72 Å². The fourth-order valence-electron chi connectivity index (χ4n) is 3.04. The largest absolute Gasteiger partial charge is 0.289 e. The fraction of sp³-hybridized carbons (Fsp3) is 0.105. The second kappa shape index (κ2) is 7.26. The maximum absolute atomic E-state index is 12.6. The van der Waals surface area contributed by atoms with Crippen LogP contribution in [0.2, 0.25) is 5.02 Å². The van der Waals surface area contributed by atoms with Crippen molar-refractivity contribution in [3.05, 3.63) is 73.6 Å². The minimum atomic E-state index is -0.681. The van der Waals surface area contributed by atoms with Crippen LogP contribution >= 0.6 is 22.9 Å². The van der Waals surface area contributed by atoms with E-state index in [2.05, 4.69) is 21.5 Å². The molecule has 2 heterocycles. The molecular formula is C19H14ClN5O3S. The van der Waals surface area contributed by atoms with Gasteiger partial charge in [-0.15, -0.1) is 16.4 Å². The quantitative estimate of drug-likeness (QED) is 0.369. The van der Waals surface area contributed by atoms with Gasteiger partial charge in [0.25, 0.3) is 17.5 Å². The minimum absolute atomic E-state index is 0.0668. The van der Waals surface area contributed by atoms with Crippen LogP contribution in [0.15, 0.2) is 41.8 Å². The standard InChI is InChI=1S/C19H14ClN5O3S/c1-10-3-5-13(11(2)7-10)16-9-29-19-22-18(23-24(16)19)21-17(26)14-6-4-12(20)8-15(14)25(27)28/h3-9H,1-2H3,(H,21,23,26).